The molecular formula is C11H16N2O2. The number of hydrogen-bond donors (Lipinski definition) is 2. The number of carbonyl (C=O) groups excluding carboxylic acids is 1. The number of nitrogens with two attached hydrogens (primary N) is 1. The van der Waals surface area contributed by atoms with Crippen LogP contribution in [-0.4, -0.2) is 19.1 Å². The Morgan fingerprint density at radius 3 is 2.80 bits per heavy atom. The molecule has 0 spiro atoms. The maximum atomic E-state index is 11.2. The van der Waals surface area contributed by atoms with Gasteiger partial charge < -0.3 is 15.8 Å². The van der Waals surface area contributed by atoms with Gasteiger partial charge in [-0.15, -0.1) is 0 Å². The number of carbonyl (C=O) groups is 1. The minimum absolute atomic E-state index is 0.151. The average Bonchev–Trinajstić information content (AvgIpc) is 2.28. The highest BCUT2D eigenvalue weighted by atomic mass is 16.5. The van der Waals surface area contributed by atoms with Crippen LogP contribution in [0.3, 0.4) is 0 Å². The summed E-state index contributed by atoms with van der Waals surface area (Å²) in [4.78, 5) is 11.2. The van der Waals surface area contributed by atoms with Crippen molar-refractivity contribution in [1.29, 1.82) is 0 Å². The van der Waals surface area contributed by atoms with Crippen LogP contribution < -0.4 is 15.8 Å². The van der Waals surface area contributed by atoms with Crippen molar-refractivity contribution in [3.05, 3.63) is 29.8 Å². The third-order valence-corrected chi connectivity index (χ3v) is 2.11. The predicted molar refractivity (Wildman–Crippen MR) is 58.5 cm³/mol. The second-order valence-corrected chi connectivity index (χ2v) is 3.19. The van der Waals surface area contributed by atoms with Gasteiger partial charge >= 0.3 is 0 Å². The van der Waals surface area contributed by atoms with Crippen LogP contribution in [0.2, 0.25) is 0 Å². The Bertz CT molecular complexity index is 339. The number of hydrogen-bond acceptors (Lipinski definition) is 3. The lowest BCUT2D eigenvalue weighted by molar-refractivity contribution is -0.126. The topological polar surface area (TPSA) is 64.3 Å². The molecular weight excluding hydrogens is 192 g/mol. The summed E-state index contributed by atoms with van der Waals surface area (Å²) in [6.07, 6.45) is -0.511. The van der Waals surface area contributed by atoms with Gasteiger partial charge in [0.25, 0.3) is 5.91 Å². The SMILES string of the molecule is CNC(=O)C(C)Oc1ccccc1CN. The maximum Gasteiger partial charge on any atom is 0.260 e. The van der Waals surface area contributed by atoms with Gasteiger partial charge in [-0.25, -0.2) is 0 Å². The monoisotopic (exact) mass is 208 g/mol. The highest BCUT2D eigenvalue weighted by Gasteiger charge is 2.13. The highest BCUT2D eigenvalue weighted by Crippen LogP contribution is 2.18. The Kier molecular flexibility index (Phi) is 4.12. The fraction of sp³-hybridized carbons (Fsp3) is 0.364. The Morgan fingerprint density at radius 1 is 1.53 bits per heavy atom. The van der Waals surface area contributed by atoms with Crippen LogP contribution >= 0.6 is 0 Å². The average molecular weight is 208 g/mol. The molecule has 0 radical (unpaired) electrons. The molecule has 1 aromatic carbocycles. The van der Waals surface area contributed by atoms with Crippen molar-refractivity contribution in [2.24, 2.45) is 5.73 Å². The number of likely N-dealkylation sites (N-methyl/N-ethyl adjacent to an activating group) is 1. The van der Waals surface area contributed by atoms with Crippen molar-refractivity contribution in [3.8, 4) is 5.75 Å². The largest absolute Gasteiger partial charge is 0.481 e. The molecule has 4 nitrogen and oxygen atoms in total. The number of amides is 1. The maximum absolute atomic E-state index is 11.2. The van der Waals surface area contributed by atoms with Gasteiger partial charge in [0, 0.05) is 19.2 Å². The van der Waals surface area contributed by atoms with Crippen molar-refractivity contribution in [3.63, 3.8) is 0 Å². The van der Waals surface area contributed by atoms with Gasteiger partial charge in [0.15, 0.2) is 6.10 Å². The van der Waals surface area contributed by atoms with E-state index < -0.39 is 6.10 Å². The van der Waals surface area contributed by atoms with Gasteiger partial charge in [-0.2, -0.15) is 0 Å². The first-order valence-corrected chi connectivity index (χ1v) is 4.85. The normalized spacial score (nSPS) is 11.9. The van der Waals surface area contributed by atoms with E-state index >= 15 is 0 Å². The minimum atomic E-state index is -0.511. The third kappa shape index (κ3) is 2.95. The molecule has 1 unspecified atom stereocenters. The van der Waals surface area contributed by atoms with Crippen molar-refractivity contribution in [2.75, 3.05) is 7.05 Å². The molecule has 1 rings (SSSR count). The van der Waals surface area contributed by atoms with Crippen molar-refractivity contribution >= 4 is 5.91 Å². The summed E-state index contributed by atoms with van der Waals surface area (Å²) >= 11 is 0. The molecule has 0 heterocycles. The third-order valence-electron chi connectivity index (χ3n) is 2.11. The van der Waals surface area contributed by atoms with E-state index in [2.05, 4.69) is 5.32 Å². The Hall–Kier alpha value is -1.55. The molecule has 82 valence electrons. The summed E-state index contributed by atoms with van der Waals surface area (Å²) in [5.41, 5.74) is 6.45. The van der Waals surface area contributed by atoms with Crippen molar-refractivity contribution in [1.82, 2.24) is 5.32 Å². The van der Waals surface area contributed by atoms with Crippen LogP contribution in [0.1, 0.15) is 12.5 Å². The molecule has 0 aliphatic heterocycles. The smallest absolute Gasteiger partial charge is 0.260 e. The summed E-state index contributed by atoms with van der Waals surface area (Å²) in [7, 11) is 1.58. The lowest BCUT2D eigenvalue weighted by Crippen LogP contribution is -2.34. The molecule has 0 saturated carbocycles. The van der Waals surface area contributed by atoms with Crippen LogP contribution in [-0.2, 0) is 11.3 Å². The first-order chi connectivity index (χ1) is 7.19. The van der Waals surface area contributed by atoms with Gasteiger partial charge in [0.1, 0.15) is 5.75 Å². The molecule has 0 fully saturated rings. The number of benzene rings is 1. The van der Waals surface area contributed by atoms with Crippen LogP contribution in [0.15, 0.2) is 24.3 Å². The fourth-order valence-corrected chi connectivity index (χ4v) is 1.23. The van der Waals surface area contributed by atoms with E-state index in [0.29, 0.717) is 12.3 Å². The Morgan fingerprint density at radius 2 is 2.20 bits per heavy atom. The molecule has 0 aliphatic carbocycles. The summed E-state index contributed by atoms with van der Waals surface area (Å²) < 4.78 is 5.50. The van der Waals surface area contributed by atoms with Crippen LogP contribution in [0.4, 0.5) is 0 Å². The first kappa shape index (κ1) is 11.5. The molecule has 15 heavy (non-hydrogen) atoms. The first-order valence-electron chi connectivity index (χ1n) is 4.85. The number of ether oxygens (including phenoxy) is 1. The van der Waals surface area contributed by atoms with Crippen molar-refractivity contribution < 1.29 is 9.53 Å². The quantitative estimate of drug-likeness (QED) is 0.764. The zero-order valence-electron chi connectivity index (χ0n) is 8.99. The zero-order valence-corrected chi connectivity index (χ0v) is 8.99. The van der Waals surface area contributed by atoms with Gasteiger partial charge in [-0.1, -0.05) is 18.2 Å². The molecule has 1 aromatic rings. The van der Waals surface area contributed by atoms with Crippen LogP contribution in [0.5, 0.6) is 5.75 Å². The van der Waals surface area contributed by atoms with E-state index in [4.69, 9.17) is 10.5 Å². The number of nitrogens with one attached hydrogen (secondary N) is 1. The lowest BCUT2D eigenvalue weighted by atomic mass is 10.2. The van der Waals surface area contributed by atoms with E-state index in [-0.39, 0.29) is 5.91 Å². The standard InChI is InChI=1S/C11H16N2O2/c1-8(11(14)13-2)15-10-6-4-3-5-9(10)7-12/h3-6,8H,7,12H2,1-2H3,(H,13,14). The second kappa shape index (κ2) is 5.36. The summed E-state index contributed by atoms with van der Waals surface area (Å²) in [6.45, 7) is 2.10. The lowest BCUT2D eigenvalue weighted by Gasteiger charge is -2.15. The second-order valence-electron chi connectivity index (χ2n) is 3.19. The van der Waals surface area contributed by atoms with Gasteiger partial charge in [-0.05, 0) is 13.0 Å². The van der Waals surface area contributed by atoms with Crippen LogP contribution in [0, 0.1) is 0 Å². The summed E-state index contributed by atoms with van der Waals surface area (Å²) in [5, 5.41) is 2.53. The summed E-state index contributed by atoms with van der Waals surface area (Å²) in [5.74, 6) is 0.512. The molecule has 0 saturated heterocycles. The van der Waals surface area contributed by atoms with E-state index in [1.54, 1.807) is 14.0 Å². The van der Waals surface area contributed by atoms with Crippen LogP contribution in [0.25, 0.3) is 0 Å². The zero-order chi connectivity index (χ0) is 11.3. The van der Waals surface area contributed by atoms with E-state index in [9.17, 15) is 4.79 Å². The Balaban J connectivity index is 2.75. The van der Waals surface area contributed by atoms with Gasteiger partial charge in [0.2, 0.25) is 0 Å². The minimum Gasteiger partial charge on any atom is -0.481 e. The molecule has 0 bridgehead atoms. The highest BCUT2D eigenvalue weighted by molar-refractivity contribution is 5.80. The van der Waals surface area contributed by atoms with E-state index in [0.717, 1.165) is 5.56 Å². The predicted octanol–water partition coefficient (Wildman–Crippen LogP) is 0.659. The van der Waals surface area contributed by atoms with Crippen molar-refractivity contribution in [2.45, 2.75) is 19.6 Å². The fourth-order valence-electron chi connectivity index (χ4n) is 1.23. The molecule has 4 heteroatoms. The molecule has 3 N–H and O–H groups in total. The van der Waals surface area contributed by atoms with E-state index in [1.165, 1.54) is 0 Å². The van der Waals surface area contributed by atoms with Gasteiger partial charge in [-0.3, -0.25) is 4.79 Å². The Labute approximate surface area is 89.4 Å². The molecule has 0 aliphatic rings. The van der Waals surface area contributed by atoms with Gasteiger partial charge in [0.05, 0.1) is 0 Å². The molecule has 1 amide bonds. The number of rotatable bonds is 4. The number of para-hydroxylation sites is 1. The van der Waals surface area contributed by atoms with E-state index in [1.807, 2.05) is 24.3 Å². The molecule has 1 atom stereocenters. The molecule has 0 aromatic heterocycles. The summed E-state index contributed by atoms with van der Waals surface area (Å²) in [6, 6.07) is 7.43.